The third-order valence-corrected chi connectivity index (χ3v) is 8.10. The van der Waals surface area contributed by atoms with Crippen LogP contribution in [-0.2, 0) is 28.5 Å². The first-order valence-corrected chi connectivity index (χ1v) is 12.0. The number of aliphatic hydroxyl groups is 1. The van der Waals surface area contributed by atoms with Gasteiger partial charge in [0, 0.05) is 0 Å². The van der Waals surface area contributed by atoms with E-state index in [4.69, 9.17) is 0 Å². The van der Waals surface area contributed by atoms with Crippen LogP contribution in [0.25, 0.3) is 0 Å². The third-order valence-electron chi connectivity index (χ3n) is 6.29. The highest BCUT2D eigenvalue weighted by atomic mass is 32.2. The highest BCUT2D eigenvalue weighted by Crippen LogP contribution is 2.43. The largest absolute Gasteiger partial charge is 0.374 e. The number of rotatable bonds is 3. The van der Waals surface area contributed by atoms with E-state index in [0.717, 1.165) is 29.5 Å². The molecule has 0 bridgehead atoms. The fourth-order valence-corrected chi connectivity index (χ4v) is 6.19. The Labute approximate surface area is 188 Å². The first kappa shape index (κ1) is 20.7. The van der Waals surface area contributed by atoms with E-state index in [1.165, 1.54) is 10.2 Å². The second kappa shape index (κ2) is 7.43. The zero-order chi connectivity index (χ0) is 22.5. The van der Waals surface area contributed by atoms with E-state index in [1.54, 1.807) is 31.2 Å². The number of nitrogens with zero attached hydrogens (tertiary/aromatic N) is 2. The van der Waals surface area contributed by atoms with Crippen molar-refractivity contribution < 1.29 is 13.5 Å². The predicted molar refractivity (Wildman–Crippen MR) is 123 cm³/mol. The first-order valence-electron chi connectivity index (χ1n) is 10.6. The minimum atomic E-state index is -3.98. The average molecular weight is 445 g/mol. The van der Waals surface area contributed by atoms with Gasteiger partial charge in [-0.15, -0.1) is 0 Å². The van der Waals surface area contributed by atoms with Gasteiger partial charge in [0.05, 0.1) is 16.8 Å². The summed E-state index contributed by atoms with van der Waals surface area (Å²) in [7, 11) is -3.98. The van der Waals surface area contributed by atoms with E-state index in [2.05, 4.69) is 4.98 Å². The maximum absolute atomic E-state index is 13.8. The van der Waals surface area contributed by atoms with Crippen LogP contribution in [0.3, 0.4) is 0 Å². The molecule has 32 heavy (non-hydrogen) atoms. The Morgan fingerprint density at radius 2 is 1.38 bits per heavy atom. The van der Waals surface area contributed by atoms with Crippen LogP contribution in [0, 0.1) is 13.8 Å². The van der Waals surface area contributed by atoms with Gasteiger partial charge in [0.25, 0.3) is 10.0 Å². The van der Waals surface area contributed by atoms with Gasteiger partial charge in [-0.3, -0.25) is 0 Å². The average Bonchev–Trinajstić information content (AvgIpc) is 3.15. The Morgan fingerprint density at radius 3 is 1.94 bits per heavy atom. The van der Waals surface area contributed by atoms with Crippen molar-refractivity contribution in [2.75, 3.05) is 0 Å². The number of aromatic nitrogens is 2. The van der Waals surface area contributed by atoms with Crippen LogP contribution < -0.4 is 0 Å². The molecule has 0 saturated heterocycles. The molecule has 6 heteroatoms. The molecule has 5 nitrogen and oxygen atoms in total. The molecule has 3 aromatic carbocycles. The number of benzene rings is 3. The monoisotopic (exact) mass is 444 g/mol. The van der Waals surface area contributed by atoms with E-state index < -0.39 is 15.6 Å². The van der Waals surface area contributed by atoms with Crippen molar-refractivity contribution >= 4 is 10.0 Å². The summed E-state index contributed by atoms with van der Waals surface area (Å²) in [5.74, 6) is 0.299. The smallest absolute Gasteiger partial charge is 0.269 e. The zero-order valence-electron chi connectivity index (χ0n) is 18.0. The van der Waals surface area contributed by atoms with E-state index >= 15 is 0 Å². The number of fused-ring (bicyclic) bond motifs is 2. The fraction of sp³-hybridized carbons (Fsp3) is 0.192. The molecule has 1 aromatic heterocycles. The van der Waals surface area contributed by atoms with Crippen LogP contribution in [-0.4, -0.2) is 22.5 Å². The summed E-state index contributed by atoms with van der Waals surface area (Å²) in [6, 6.07) is 22.1. The minimum absolute atomic E-state index is 0.157. The molecule has 0 radical (unpaired) electrons. The molecule has 0 saturated carbocycles. The maximum Gasteiger partial charge on any atom is 0.269 e. The van der Waals surface area contributed by atoms with Crippen LogP contribution in [0.15, 0.2) is 83.9 Å². The van der Waals surface area contributed by atoms with Crippen LogP contribution in [0.5, 0.6) is 0 Å². The van der Waals surface area contributed by atoms with Gasteiger partial charge in [0.15, 0.2) is 5.60 Å². The molecule has 0 spiro atoms. The Kier molecular flexibility index (Phi) is 4.80. The van der Waals surface area contributed by atoms with Crippen LogP contribution in [0.4, 0.5) is 0 Å². The third kappa shape index (κ3) is 3.02. The molecule has 0 fully saturated rings. The highest BCUT2D eigenvalue weighted by molar-refractivity contribution is 7.90. The molecule has 1 N–H and O–H groups in total. The van der Waals surface area contributed by atoms with Crippen molar-refractivity contribution in [2.24, 2.45) is 0 Å². The van der Waals surface area contributed by atoms with Gasteiger partial charge in [0.2, 0.25) is 0 Å². The lowest BCUT2D eigenvalue weighted by molar-refractivity contribution is 0.119. The van der Waals surface area contributed by atoms with Gasteiger partial charge in [0.1, 0.15) is 5.82 Å². The Morgan fingerprint density at radius 1 is 0.844 bits per heavy atom. The van der Waals surface area contributed by atoms with Crippen molar-refractivity contribution in [3.8, 4) is 0 Å². The minimum Gasteiger partial charge on any atom is -0.374 e. The summed E-state index contributed by atoms with van der Waals surface area (Å²) in [6.45, 7) is 3.56. The number of imidazole rings is 1. The van der Waals surface area contributed by atoms with Crippen molar-refractivity contribution in [3.05, 3.63) is 118 Å². The van der Waals surface area contributed by atoms with E-state index in [-0.39, 0.29) is 10.6 Å². The first-order chi connectivity index (χ1) is 15.3. The van der Waals surface area contributed by atoms with Crippen LogP contribution in [0.1, 0.15) is 39.3 Å². The fourth-order valence-electron chi connectivity index (χ4n) is 4.67. The molecular weight excluding hydrogens is 420 g/mol. The molecule has 0 aliphatic heterocycles. The molecule has 162 valence electrons. The van der Waals surface area contributed by atoms with Gasteiger partial charge in [-0.2, -0.15) is 0 Å². The molecule has 1 aliphatic rings. The lowest BCUT2D eigenvalue weighted by Gasteiger charge is -2.32. The predicted octanol–water partition coefficient (Wildman–Crippen LogP) is 4.12. The molecular formula is C26H24N2O3S. The second-order valence-electron chi connectivity index (χ2n) is 8.30. The lowest BCUT2D eigenvalue weighted by atomic mass is 9.81. The summed E-state index contributed by atoms with van der Waals surface area (Å²) >= 11 is 0. The molecule has 0 amide bonds. The molecule has 5 rings (SSSR count). The van der Waals surface area contributed by atoms with Crippen molar-refractivity contribution in [1.29, 1.82) is 0 Å². The van der Waals surface area contributed by atoms with Crippen molar-refractivity contribution in [1.82, 2.24) is 8.96 Å². The second-order valence-corrected chi connectivity index (χ2v) is 10.1. The topological polar surface area (TPSA) is 72.2 Å². The molecule has 1 aliphatic carbocycles. The van der Waals surface area contributed by atoms with E-state index in [1.807, 2.05) is 55.5 Å². The van der Waals surface area contributed by atoms with Gasteiger partial charge in [-0.1, -0.05) is 66.2 Å². The van der Waals surface area contributed by atoms with E-state index in [9.17, 15) is 13.5 Å². The van der Waals surface area contributed by atoms with Gasteiger partial charge in [-0.25, -0.2) is 17.4 Å². The van der Waals surface area contributed by atoms with E-state index in [0.29, 0.717) is 17.0 Å². The summed E-state index contributed by atoms with van der Waals surface area (Å²) in [5.41, 5.74) is 2.88. The lowest BCUT2D eigenvalue weighted by Crippen LogP contribution is -2.35. The Bertz CT molecular complexity index is 1370. The van der Waals surface area contributed by atoms with Gasteiger partial charge >= 0.3 is 0 Å². The molecule has 0 atom stereocenters. The van der Waals surface area contributed by atoms with Gasteiger partial charge < -0.3 is 5.11 Å². The van der Waals surface area contributed by atoms with Crippen LogP contribution in [0.2, 0.25) is 0 Å². The quantitative estimate of drug-likeness (QED) is 0.516. The number of hydrogen-bond acceptors (Lipinski definition) is 4. The Hall–Kier alpha value is -3.22. The summed E-state index contributed by atoms with van der Waals surface area (Å²) < 4.78 is 28.7. The van der Waals surface area contributed by atoms with Crippen molar-refractivity contribution in [3.63, 3.8) is 0 Å². The summed E-state index contributed by atoms with van der Waals surface area (Å²) in [6.07, 6.45) is 3.00. The molecule has 1 heterocycles. The zero-order valence-corrected chi connectivity index (χ0v) is 18.8. The van der Waals surface area contributed by atoms with Crippen LogP contribution >= 0.6 is 0 Å². The number of aryl methyl sites for hydroxylation is 4. The standard InChI is InChI=1S/C26H24N2O3S/c1-18-11-15-22(16-12-18)32(30,31)28-19(2)27-17-25(28)26(29)23-9-5-3-7-20(23)13-14-21-8-4-6-10-24(21)26/h3-12,15-17,29H,13-14H2,1-2H3. The number of hydrogen-bond donors (Lipinski definition) is 1. The van der Waals surface area contributed by atoms with Crippen molar-refractivity contribution in [2.45, 2.75) is 37.2 Å². The Balaban J connectivity index is 1.83. The summed E-state index contributed by atoms with van der Waals surface area (Å²) in [5, 5.41) is 12.5. The van der Waals surface area contributed by atoms with Gasteiger partial charge in [-0.05, 0) is 61.1 Å². The normalized spacial score (nSPS) is 15.0. The molecule has 0 unspecified atom stereocenters. The molecule has 4 aromatic rings. The maximum atomic E-state index is 13.8. The summed E-state index contributed by atoms with van der Waals surface area (Å²) in [4.78, 5) is 4.50. The SMILES string of the molecule is Cc1ccc(S(=O)(=O)n2c(C3(O)c4ccccc4CCc4ccccc43)cnc2C)cc1. The highest BCUT2D eigenvalue weighted by Gasteiger charge is 2.43.